The van der Waals surface area contributed by atoms with E-state index in [-0.39, 0.29) is 0 Å². The highest BCUT2D eigenvalue weighted by Gasteiger charge is 2.11. The van der Waals surface area contributed by atoms with Crippen LogP contribution in [0.15, 0.2) is 35.9 Å². The summed E-state index contributed by atoms with van der Waals surface area (Å²) < 4.78 is 5.19. The topological polar surface area (TPSA) is 24.5 Å². The van der Waals surface area contributed by atoms with Gasteiger partial charge in [-0.15, -0.1) is 0 Å². The number of nitrogens with zero attached hydrogens (tertiary/aromatic N) is 1. The first kappa shape index (κ1) is 16.2. The lowest BCUT2D eigenvalue weighted by molar-refractivity contribution is 0.210. The molecule has 0 aliphatic carbocycles. The molecule has 0 saturated carbocycles. The van der Waals surface area contributed by atoms with Gasteiger partial charge in [0.2, 0.25) is 0 Å². The van der Waals surface area contributed by atoms with E-state index in [4.69, 9.17) is 4.74 Å². The van der Waals surface area contributed by atoms with Gasteiger partial charge in [-0.1, -0.05) is 44.2 Å². The average Bonchev–Trinajstić information content (AvgIpc) is 2.49. The van der Waals surface area contributed by atoms with Crippen molar-refractivity contribution in [3.63, 3.8) is 0 Å². The molecule has 0 aromatic heterocycles. The van der Waals surface area contributed by atoms with E-state index in [1.807, 2.05) is 0 Å². The quantitative estimate of drug-likeness (QED) is 0.781. The van der Waals surface area contributed by atoms with Crippen LogP contribution in [0.25, 0.3) is 0 Å². The number of methoxy groups -OCH3 is 1. The molecule has 116 valence electrons. The fourth-order valence-electron chi connectivity index (χ4n) is 2.56. The Morgan fingerprint density at radius 3 is 2.48 bits per heavy atom. The normalized spacial score (nSPS) is 16.3. The molecule has 0 atom stereocenters. The molecule has 1 aromatic rings. The van der Waals surface area contributed by atoms with Crippen LogP contribution >= 0.6 is 0 Å². The van der Waals surface area contributed by atoms with Gasteiger partial charge < -0.3 is 10.1 Å². The van der Waals surface area contributed by atoms with Crippen LogP contribution in [0.3, 0.4) is 0 Å². The maximum Gasteiger partial charge on any atom is 0.0673 e. The highest BCUT2D eigenvalue weighted by atomic mass is 16.5. The summed E-state index contributed by atoms with van der Waals surface area (Å²) in [6.07, 6.45) is 3.44. The highest BCUT2D eigenvalue weighted by molar-refractivity contribution is 5.23. The van der Waals surface area contributed by atoms with Crippen molar-refractivity contribution >= 4 is 0 Å². The van der Waals surface area contributed by atoms with Crippen LogP contribution in [0.1, 0.15) is 31.4 Å². The fourth-order valence-corrected chi connectivity index (χ4v) is 2.56. The Labute approximate surface area is 129 Å². The first-order chi connectivity index (χ1) is 10.2. The Hall–Kier alpha value is -1.16. The SMILES string of the molecule is COCC1=CCN(Cc2ccc(CNC(C)C)cc2)CC1. The van der Waals surface area contributed by atoms with Gasteiger partial charge in [-0.3, -0.25) is 4.90 Å². The predicted molar refractivity (Wildman–Crippen MR) is 88.3 cm³/mol. The van der Waals surface area contributed by atoms with Crippen molar-refractivity contribution in [1.82, 2.24) is 10.2 Å². The Kier molecular flexibility index (Phi) is 6.43. The molecule has 0 bridgehead atoms. The number of hydrogen-bond acceptors (Lipinski definition) is 3. The molecule has 0 unspecified atom stereocenters. The molecule has 0 spiro atoms. The van der Waals surface area contributed by atoms with E-state index >= 15 is 0 Å². The van der Waals surface area contributed by atoms with Crippen LogP contribution < -0.4 is 5.32 Å². The number of nitrogens with one attached hydrogen (secondary N) is 1. The minimum Gasteiger partial charge on any atom is -0.380 e. The molecule has 1 aromatic carbocycles. The third-order valence-electron chi connectivity index (χ3n) is 3.86. The minimum absolute atomic E-state index is 0.533. The van der Waals surface area contributed by atoms with E-state index in [0.29, 0.717) is 6.04 Å². The highest BCUT2D eigenvalue weighted by Crippen LogP contribution is 2.14. The van der Waals surface area contributed by atoms with Gasteiger partial charge in [0.05, 0.1) is 6.61 Å². The number of rotatable bonds is 7. The summed E-state index contributed by atoms with van der Waals surface area (Å²) >= 11 is 0. The molecule has 0 radical (unpaired) electrons. The lowest BCUT2D eigenvalue weighted by atomic mass is 10.1. The largest absolute Gasteiger partial charge is 0.380 e. The van der Waals surface area contributed by atoms with E-state index in [0.717, 1.165) is 39.2 Å². The lowest BCUT2D eigenvalue weighted by Crippen LogP contribution is -2.29. The van der Waals surface area contributed by atoms with Crippen molar-refractivity contribution in [3.8, 4) is 0 Å². The fraction of sp³-hybridized carbons (Fsp3) is 0.556. The van der Waals surface area contributed by atoms with Gasteiger partial charge in [-0.2, -0.15) is 0 Å². The summed E-state index contributed by atoms with van der Waals surface area (Å²) in [5, 5.41) is 3.45. The van der Waals surface area contributed by atoms with E-state index in [1.165, 1.54) is 16.7 Å². The molecule has 1 aliphatic heterocycles. The molecule has 2 rings (SSSR count). The molecule has 3 nitrogen and oxygen atoms in total. The Morgan fingerprint density at radius 1 is 1.19 bits per heavy atom. The standard InChI is InChI=1S/C18H28N2O/c1-15(2)19-12-16-4-6-17(7-5-16)13-20-10-8-18(9-11-20)14-21-3/h4-8,15,19H,9-14H2,1-3H3. The first-order valence-corrected chi connectivity index (χ1v) is 7.88. The zero-order valence-corrected chi connectivity index (χ0v) is 13.6. The average molecular weight is 288 g/mol. The number of ether oxygens (including phenoxy) is 1. The number of hydrogen-bond donors (Lipinski definition) is 1. The third kappa shape index (κ3) is 5.62. The monoisotopic (exact) mass is 288 g/mol. The Bertz CT molecular complexity index is 451. The summed E-state index contributed by atoms with van der Waals surface area (Å²) in [6, 6.07) is 9.52. The molecule has 1 N–H and O–H groups in total. The molecular weight excluding hydrogens is 260 g/mol. The maximum absolute atomic E-state index is 5.19. The van der Waals surface area contributed by atoms with Crippen molar-refractivity contribution < 1.29 is 4.74 Å². The maximum atomic E-state index is 5.19. The van der Waals surface area contributed by atoms with Crippen LogP contribution in [0.4, 0.5) is 0 Å². The van der Waals surface area contributed by atoms with Gasteiger partial charge in [-0.05, 0) is 23.1 Å². The summed E-state index contributed by atoms with van der Waals surface area (Å²) in [5.41, 5.74) is 4.18. The van der Waals surface area contributed by atoms with Gasteiger partial charge in [0, 0.05) is 39.3 Å². The van der Waals surface area contributed by atoms with E-state index in [1.54, 1.807) is 7.11 Å². The third-order valence-corrected chi connectivity index (χ3v) is 3.86. The smallest absolute Gasteiger partial charge is 0.0673 e. The second-order valence-corrected chi connectivity index (χ2v) is 6.13. The molecule has 1 heterocycles. The van der Waals surface area contributed by atoms with Crippen LogP contribution in [0, 0.1) is 0 Å². The zero-order chi connectivity index (χ0) is 15.1. The molecule has 0 fully saturated rings. The second-order valence-electron chi connectivity index (χ2n) is 6.13. The molecule has 21 heavy (non-hydrogen) atoms. The van der Waals surface area contributed by atoms with Crippen LogP contribution in [0.2, 0.25) is 0 Å². The van der Waals surface area contributed by atoms with Gasteiger partial charge in [0.25, 0.3) is 0 Å². The molecule has 3 heteroatoms. The van der Waals surface area contributed by atoms with Crippen molar-refractivity contribution in [3.05, 3.63) is 47.0 Å². The van der Waals surface area contributed by atoms with E-state index in [9.17, 15) is 0 Å². The van der Waals surface area contributed by atoms with Crippen molar-refractivity contribution in [2.24, 2.45) is 0 Å². The van der Waals surface area contributed by atoms with Crippen molar-refractivity contribution in [1.29, 1.82) is 0 Å². The van der Waals surface area contributed by atoms with Crippen LogP contribution in [-0.4, -0.2) is 37.7 Å². The first-order valence-electron chi connectivity index (χ1n) is 7.88. The summed E-state index contributed by atoms with van der Waals surface area (Å²) in [5.74, 6) is 0. The molecule has 0 saturated heterocycles. The zero-order valence-electron chi connectivity index (χ0n) is 13.6. The van der Waals surface area contributed by atoms with Crippen LogP contribution in [-0.2, 0) is 17.8 Å². The molecule has 0 amide bonds. The van der Waals surface area contributed by atoms with E-state index < -0.39 is 0 Å². The molecular formula is C18H28N2O. The summed E-state index contributed by atoms with van der Waals surface area (Å²) in [4.78, 5) is 2.49. The molecule has 1 aliphatic rings. The minimum atomic E-state index is 0.533. The van der Waals surface area contributed by atoms with Gasteiger partial charge >= 0.3 is 0 Å². The summed E-state index contributed by atoms with van der Waals surface area (Å²) in [6.45, 7) is 9.29. The van der Waals surface area contributed by atoms with Crippen molar-refractivity contribution in [2.75, 3.05) is 26.8 Å². The Morgan fingerprint density at radius 2 is 1.90 bits per heavy atom. The summed E-state index contributed by atoms with van der Waals surface area (Å²) in [7, 11) is 1.77. The Balaban J connectivity index is 1.81. The van der Waals surface area contributed by atoms with Gasteiger partial charge in [0.1, 0.15) is 0 Å². The second kappa shape index (κ2) is 8.32. The lowest BCUT2D eigenvalue weighted by Gasteiger charge is -2.26. The van der Waals surface area contributed by atoms with Crippen LogP contribution in [0.5, 0.6) is 0 Å². The van der Waals surface area contributed by atoms with Gasteiger partial charge in [-0.25, -0.2) is 0 Å². The van der Waals surface area contributed by atoms with E-state index in [2.05, 4.69) is 54.4 Å². The number of benzene rings is 1. The van der Waals surface area contributed by atoms with Gasteiger partial charge in [0.15, 0.2) is 0 Å². The van der Waals surface area contributed by atoms with Crippen molar-refractivity contribution in [2.45, 2.75) is 39.4 Å². The predicted octanol–water partition coefficient (Wildman–Crippen LogP) is 2.96.